The van der Waals surface area contributed by atoms with Gasteiger partial charge in [-0.1, -0.05) is 62.4 Å². The lowest BCUT2D eigenvalue weighted by atomic mass is 9.77. The van der Waals surface area contributed by atoms with E-state index >= 15 is 0 Å². The number of carboxylic acids is 1. The molecule has 0 radical (unpaired) electrons. The highest BCUT2D eigenvalue weighted by Gasteiger charge is 2.41. The van der Waals surface area contributed by atoms with Gasteiger partial charge in [0.1, 0.15) is 12.6 Å². The molecular weight excluding hydrogens is 448 g/mol. The monoisotopic (exact) mass is 482 g/mol. The molecule has 8 heteroatoms. The predicted molar refractivity (Wildman–Crippen MR) is 132 cm³/mol. The minimum Gasteiger partial charge on any atom is -0.480 e. The van der Waals surface area contributed by atoms with Crippen LogP contribution in [-0.4, -0.2) is 53.5 Å². The summed E-state index contributed by atoms with van der Waals surface area (Å²) in [5.41, 5.74) is 3.33. The summed E-state index contributed by atoms with van der Waals surface area (Å²) >= 11 is 0. The summed E-state index contributed by atoms with van der Waals surface area (Å²) in [5, 5.41) is 23.7. The number of fused-ring (bicyclic) bond motifs is 3. The molecule has 0 bridgehead atoms. The fourth-order valence-corrected chi connectivity index (χ4v) is 4.82. The van der Waals surface area contributed by atoms with Crippen molar-refractivity contribution in [1.29, 1.82) is 0 Å². The molecule has 4 N–H and O–H groups in total. The van der Waals surface area contributed by atoms with Crippen LogP contribution in [-0.2, 0) is 14.3 Å². The Morgan fingerprint density at radius 2 is 1.51 bits per heavy atom. The first-order valence-electron chi connectivity index (χ1n) is 11.8. The smallest absolute Gasteiger partial charge is 0.407 e. The summed E-state index contributed by atoms with van der Waals surface area (Å²) in [7, 11) is 0. The zero-order valence-corrected chi connectivity index (χ0v) is 20.6. The summed E-state index contributed by atoms with van der Waals surface area (Å²) in [6, 6.07) is 14.3. The first-order valence-corrected chi connectivity index (χ1v) is 11.8. The molecule has 2 amide bonds. The van der Waals surface area contributed by atoms with Crippen LogP contribution < -0.4 is 10.6 Å². The van der Waals surface area contributed by atoms with Crippen molar-refractivity contribution < 1.29 is 29.3 Å². The van der Waals surface area contributed by atoms with Crippen molar-refractivity contribution in [3.8, 4) is 11.1 Å². The number of alkyl carbamates (subject to hydrolysis) is 1. The molecule has 0 spiro atoms. The molecule has 35 heavy (non-hydrogen) atoms. The van der Waals surface area contributed by atoms with Gasteiger partial charge >= 0.3 is 12.1 Å². The Morgan fingerprint density at radius 1 is 0.971 bits per heavy atom. The average Bonchev–Trinajstić information content (AvgIpc) is 3.14. The highest BCUT2D eigenvalue weighted by Crippen LogP contribution is 2.44. The molecule has 2 atom stereocenters. The van der Waals surface area contributed by atoms with Gasteiger partial charge in [-0.3, -0.25) is 4.79 Å². The number of rotatable bonds is 10. The van der Waals surface area contributed by atoms with E-state index in [-0.39, 0.29) is 31.5 Å². The van der Waals surface area contributed by atoms with Crippen LogP contribution in [0.3, 0.4) is 0 Å². The second kappa shape index (κ2) is 10.9. The topological polar surface area (TPSA) is 125 Å². The summed E-state index contributed by atoms with van der Waals surface area (Å²) in [6.45, 7) is 6.80. The maximum absolute atomic E-state index is 13.0. The molecule has 1 unspecified atom stereocenters. The van der Waals surface area contributed by atoms with Crippen molar-refractivity contribution in [1.82, 2.24) is 10.6 Å². The van der Waals surface area contributed by atoms with Crippen molar-refractivity contribution in [2.24, 2.45) is 11.3 Å². The average molecular weight is 483 g/mol. The van der Waals surface area contributed by atoms with E-state index in [1.807, 2.05) is 50.2 Å². The fourth-order valence-electron chi connectivity index (χ4n) is 4.82. The molecule has 0 fully saturated rings. The number of hydrogen-bond donors (Lipinski definition) is 4. The molecular formula is C27H34N2O6. The van der Waals surface area contributed by atoms with Crippen molar-refractivity contribution in [3.05, 3.63) is 59.7 Å². The lowest BCUT2D eigenvalue weighted by molar-refractivity contribution is -0.144. The second-order valence-electron chi connectivity index (χ2n) is 9.79. The zero-order chi connectivity index (χ0) is 25.8. The van der Waals surface area contributed by atoms with E-state index in [0.29, 0.717) is 0 Å². The molecule has 0 aromatic heterocycles. The summed E-state index contributed by atoms with van der Waals surface area (Å²) < 4.78 is 5.64. The van der Waals surface area contributed by atoms with Crippen LogP contribution in [0.15, 0.2) is 48.5 Å². The van der Waals surface area contributed by atoms with Gasteiger partial charge in [0.15, 0.2) is 0 Å². The Bertz CT molecular complexity index is 1040. The Hall–Kier alpha value is -3.39. The van der Waals surface area contributed by atoms with E-state index in [1.165, 1.54) is 0 Å². The number of amides is 2. The van der Waals surface area contributed by atoms with Gasteiger partial charge in [-0.05, 0) is 42.0 Å². The summed E-state index contributed by atoms with van der Waals surface area (Å²) in [4.78, 5) is 37.2. The lowest BCUT2D eigenvalue weighted by Gasteiger charge is -2.36. The number of aliphatic hydroxyl groups excluding tert-OH is 1. The highest BCUT2D eigenvalue weighted by atomic mass is 16.5. The van der Waals surface area contributed by atoms with Gasteiger partial charge in [-0.15, -0.1) is 0 Å². The maximum Gasteiger partial charge on any atom is 0.407 e. The third-order valence-corrected chi connectivity index (χ3v) is 6.67. The highest BCUT2D eigenvalue weighted by molar-refractivity contribution is 5.88. The normalized spacial score (nSPS) is 14.6. The number of aliphatic carboxylic acids is 1. The fraction of sp³-hybridized carbons (Fsp3) is 0.444. The number of hydrogen-bond acceptors (Lipinski definition) is 5. The van der Waals surface area contributed by atoms with E-state index in [0.717, 1.165) is 22.3 Å². The molecule has 0 heterocycles. The van der Waals surface area contributed by atoms with Gasteiger partial charge in [-0.2, -0.15) is 0 Å². The van der Waals surface area contributed by atoms with Gasteiger partial charge in [0.2, 0.25) is 5.91 Å². The zero-order valence-electron chi connectivity index (χ0n) is 20.6. The van der Waals surface area contributed by atoms with E-state index in [1.54, 1.807) is 13.8 Å². The molecule has 3 rings (SSSR count). The minimum atomic E-state index is -1.23. The maximum atomic E-state index is 13.0. The molecule has 1 aliphatic carbocycles. The Balaban J connectivity index is 1.69. The first-order chi connectivity index (χ1) is 16.6. The van der Waals surface area contributed by atoms with Crippen LogP contribution in [0, 0.1) is 11.3 Å². The number of ether oxygens (including phenoxy) is 1. The van der Waals surface area contributed by atoms with E-state index in [9.17, 15) is 19.5 Å². The molecule has 0 saturated heterocycles. The number of nitrogens with one attached hydrogen (secondary N) is 2. The van der Waals surface area contributed by atoms with Gasteiger partial charge in [0.25, 0.3) is 0 Å². The number of benzene rings is 2. The van der Waals surface area contributed by atoms with Crippen molar-refractivity contribution >= 4 is 18.0 Å². The van der Waals surface area contributed by atoms with Crippen LogP contribution in [0.1, 0.15) is 51.2 Å². The van der Waals surface area contributed by atoms with Crippen molar-refractivity contribution in [3.63, 3.8) is 0 Å². The number of carboxylic acid groups (broad SMARTS) is 1. The van der Waals surface area contributed by atoms with Crippen LogP contribution in [0.4, 0.5) is 4.79 Å². The van der Waals surface area contributed by atoms with Crippen LogP contribution in [0.2, 0.25) is 0 Å². The van der Waals surface area contributed by atoms with E-state index in [2.05, 4.69) is 22.8 Å². The van der Waals surface area contributed by atoms with Crippen LogP contribution >= 0.6 is 0 Å². The Morgan fingerprint density at radius 3 is 2.00 bits per heavy atom. The molecule has 2 aromatic rings. The Kier molecular flexibility index (Phi) is 8.17. The van der Waals surface area contributed by atoms with Crippen LogP contribution in [0.5, 0.6) is 0 Å². The van der Waals surface area contributed by atoms with E-state index < -0.39 is 35.5 Å². The molecule has 0 aliphatic heterocycles. The van der Waals surface area contributed by atoms with E-state index in [4.69, 9.17) is 9.84 Å². The molecule has 1 aliphatic rings. The van der Waals surface area contributed by atoms with Crippen molar-refractivity contribution in [2.75, 3.05) is 13.2 Å². The van der Waals surface area contributed by atoms with Gasteiger partial charge in [0, 0.05) is 25.0 Å². The molecule has 188 valence electrons. The SMILES string of the molecule is CC(C)C(NC(=O)OCC1c2ccccc2-c2ccccc21)C(C)(C)C(=O)N[C@H](CCO)C(=O)O. The Labute approximate surface area is 205 Å². The third kappa shape index (κ3) is 5.65. The number of carbonyl (C=O) groups is 3. The summed E-state index contributed by atoms with van der Waals surface area (Å²) in [6.07, 6.45) is -0.750. The number of aliphatic hydroxyl groups is 1. The molecule has 0 saturated carbocycles. The quantitative estimate of drug-likeness (QED) is 0.411. The number of carbonyl (C=O) groups excluding carboxylic acids is 2. The lowest BCUT2D eigenvalue weighted by Crippen LogP contribution is -2.57. The van der Waals surface area contributed by atoms with Crippen molar-refractivity contribution in [2.45, 2.75) is 52.1 Å². The third-order valence-electron chi connectivity index (χ3n) is 6.67. The standard InChI is InChI=1S/C27H34N2O6/c1-16(2)23(27(3,4)25(33)28-22(13-14-30)24(31)32)29-26(34)35-15-21-19-11-7-5-9-17(19)18-10-6-8-12-20(18)21/h5-12,16,21-23,30H,13-15H2,1-4H3,(H,28,33)(H,29,34)(H,31,32)/t22-,23?/m1/s1. The van der Waals surface area contributed by atoms with Gasteiger partial charge in [-0.25, -0.2) is 9.59 Å². The largest absolute Gasteiger partial charge is 0.480 e. The summed E-state index contributed by atoms with van der Waals surface area (Å²) in [5.74, 6) is -1.99. The van der Waals surface area contributed by atoms with Crippen LogP contribution in [0.25, 0.3) is 11.1 Å². The minimum absolute atomic E-state index is 0.0863. The molecule has 8 nitrogen and oxygen atoms in total. The first kappa shape index (κ1) is 26.2. The van der Waals surface area contributed by atoms with Gasteiger partial charge in [0.05, 0.1) is 5.41 Å². The second-order valence-corrected chi connectivity index (χ2v) is 9.79. The predicted octanol–water partition coefficient (Wildman–Crippen LogP) is 3.53. The van der Waals surface area contributed by atoms with Gasteiger partial charge < -0.3 is 25.6 Å². The molecule has 2 aromatic carbocycles.